The third-order valence-electron chi connectivity index (χ3n) is 2.75. The van der Waals surface area contributed by atoms with Crippen LogP contribution in [0.25, 0.3) is 0 Å². The van der Waals surface area contributed by atoms with Gasteiger partial charge in [0.25, 0.3) is 0 Å². The average Bonchev–Trinajstić information content (AvgIpc) is 2.29. The van der Waals surface area contributed by atoms with Crippen LogP contribution in [0.3, 0.4) is 0 Å². The van der Waals surface area contributed by atoms with Crippen molar-refractivity contribution >= 4 is 11.8 Å². The van der Waals surface area contributed by atoms with Crippen LogP contribution in [0.1, 0.15) is 11.1 Å². The molecule has 2 aromatic rings. The van der Waals surface area contributed by atoms with Crippen LogP contribution in [0.15, 0.2) is 58.3 Å². The molecule has 3 rings (SSSR count). The van der Waals surface area contributed by atoms with Crippen molar-refractivity contribution in [2.24, 2.45) is 0 Å². The Labute approximate surface area is 97.6 Å². The summed E-state index contributed by atoms with van der Waals surface area (Å²) in [6.45, 7) is 0. The van der Waals surface area contributed by atoms with Gasteiger partial charge < -0.3 is 10.2 Å². The van der Waals surface area contributed by atoms with Crippen molar-refractivity contribution in [3.63, 3.8) is 0 Å². The van der Waals surface area contributed by atoms with Gasteiger partial charge in [0, 0.05) is 20.9 Å². The maximum absolute atomic E-state index is 10.2. The molecular weight excluding hydrogens is 220 g/mol. The van der Waals surface area contributed by atoms with E-state index < -0.39 is 5.79 Å². The molecule has 0 amide bonds. The first-order valence-corrected chi connectivity index (χ1v) is 5.83. The smallest absolute Gasteiger partial charge is 0.219 e. The number of rotatable bonds is 0. The van der Waals surface area contributed by atoms with Crippen molar-refractivity contribution in [2.75, 3.05) is 0 Å². The Bertz CT molecular complexity index is 502. The number of hydrogen-bond donors (Lipinski definition) is 2. The first-order valence-electron chi connectivity index (χ1n) is 5.01. The summed E-state index contributed by atoms with van der Waals surface area (Å²) in [4.78, 5) is 1.79. The lowest BCUT2D eigenvalue weighted by molar-refractivity contribution is -0.136. The van der Waals surface area contributed by atoms with Gasteiger partial charge in [-0.05, 0) is 12.1 Å². The van der Waals surface area contributed by atoms with E-state index in [1.54, 1.807) is 23.9 Å². The standard InChI is InChI=1S/C13H10O2S/c14-13(15)9-5-1-3-7-11(9)16-12-8-4-2-6-10(12)13/h1-8,14-15H. The average molecular weight is 230 g/mol. The molecule has 0 saturated carbocycles. The molecule has 0 fully saturated rings. The molecule has 1 aliphatic heterocycles. The van der Waals surface area contributed by atoms with Gasteiger partial charge in [-0.1, -0.05) is 48.2 Å². The summed E-state index contributed by atoms with van der Waals surface area (Å²) < 4.78 is 0. The zero-order valence-electron chi connectivity index (χ0n) is 8.42. The molecule has 0 aliphatic carbocycles. The fourth-order valence-electron chi connectivity index (χ4n) is 1.95. The Hall–Kier alpha value is -1.29. The van der Waals surface area contributed by atoms with Crippen LogP contribution >= 0.6 is 11.8 Å². The van der Waals surface area contributed by atoms with Crippen LogP contribution in [0, 0.1) is 0 Å². The van der Waals surface area contributed by atoms with Gasteiger partial charge in [-0.15, -0.1) is 0 Å². The van der Waals surface area contributed by atoms with E-state index in [1.165, 1.54) is 0 Å². The van der Waals surface area contributed by atoms with Crippen molar-refractivity contribution in [3.8, 4) is 0 Å². The maximum Gasteiger partial charge on any atom is 0.219 e. The van der Waals surface area contributed by atoms with E-state index in [0.717, 1.165) is 9.79 Å². The molecule has 0 spiro atoms. The van der Waals surface area contributed by atoms with Gasteiger partial charge >= 0.3 is 0 Å². The van der Waals surface area contributed by atoms with Gasteiger partial charge in [0.1, 0.15) is 0 Å². The molecule has 0 radical (unpaired) electrons. The lowest BCUT2D eigenvalue weighted by Crippen LogP contribution is -2.30. The van der Waals surface area contributed by atoms with Gasteiger partial charge in [0.05, 0.1) is 0 Å². The van der Waals surface area contributed by atoms with Crippen LogP contribution in [0.2, 0.25) is 0 Å². The molecule has 2 N–H and O–H groups in total. The third-order valence-corrected chi connectivity index (χ3v) is 3.90. The minimum atomic E-state index is -1.88. The largest absolute Gasteiger partial charge is 0.358 e. The van der Waals surface area contributed by atoms with Crippen molar-refractivity contribution in [1.29, 1.82) is 0 Å². The number of benzene rings is 2. The minimum Gasteiger partial charge on any atom is -0.358 e. The number of aliphatic hydroxyl groups is 2. The van der Waals surface area contributed by atoms with Crippen LogP contribution < -0.4 is 0 Å². The lowest BCUT2D eigenvalue weighted by atomic mass is 9.97. The maximum atomic E-state index is 10.2. The molecule has 16 heavy (non-hydrogen) atoms. The first-order chi connectivity index (χ1) is 7.69. The SMILES string of the molecule is OC1(O)c2ccccc2Sc2ccccc21. The van der Waals surface area contributed by atoms with E-state index in [4.69, 9.17) is 0 Å². The quantitative estimate of drug-likeness (QED) is 0.682. The van der Waals surface area contributed by atoms with Crippen molar-refractivity contribution in [2.45, 2.75) is 15.6 Å². The molecule has 80 valence electrons. The fraction of sp³-hybridized carbons (Fsp3) is 0.0769. The van der Waals surface area contributed by atoms with E-state index in [0.29, 0.717) is 11.1 Å². The molecule has 0 bridgehead atoms. The predicted molar refractivity (Wildman–Crippen MR) is 62.2 cm³/mol. The number of fused-ring (bicyclic) bond motifs is 2. The summed E-state index contributed by atoms with van der Waals surface area (Å²) in [7, 11) is 0. The third kappa shape index (κ3) is 1.29. The highest BCUT2D eigenvalue weighted by Crippen LogP contribution is 2.46. The first kappa shape index (κ1) is 9.90. The van der Waals surface area contributed by atoms with E-state index in [9.17, 15) is 10.2 Å². The van der Waals surface area contributed by atoms with E-state index in [2.05, 4.69) is 0 Å². The van der Waals surface area contributed by atoms with Gasteiger partial charge in [0.2, 0.25) is 5.79 Å². The topological polar surface area (TPSA) is 40.5 Å². The molecule has 3 heteroatoms. The molecule has 0 aromatic heterocycles. The molecule has 1 heterocycles. The Kier molecular flexibility index (Phi) is 2.07. The summed E-state index contributed by atoms with van der Waals surface area (Å²) in [5, 5.41) is 20.4. The second-order valence-corrected chi connectivity index (χ2v) is 4.85. The highest BCUT2D eigenvalue weighted by Gasteiger charge is 2.36. The summed E-state index contributed by atoms with van der Waals surface area (Å²) in [5.74, 6) is -1.88. The Morgan fingerprint density at radius 3 is 1.69 bits per heavy atom. The van der Waals surface area contributed by atoms with Crippen molar-refractivity contribution in [3.05, 3.63) is 59.7 Å². The minimum absolute atomic E-state index is 0.554. The number of hydrogen-bond acceptors (Lipinski definition) is 3. The summed E-state index contributed by atoms with van der Waals surface area (Å²) in [6, 6.07) is 14.7. The highest BCUT2D eigenvalue weighted by atomic mass is 32.2. The Balaban J connectivity index is 2.28. The zero-order chi connectivity index (χ0) is 11.2. The summed E-state index contributed by atoms with van der Waals surface area (Å²) in [5.41, 5.74) is 1.11. The molecule has 0 saturated heterocycles. The van der Waals surface area contributed by atoms with Crippen LogP contribution in [-0.4, -0.2) is 10.2 Å². The van der Waals surface area contributed by atoms with E-state index in [1.807, 2.05) is 36.4 Å². The normalized spacial score (nSPS) is 16.4. The molecule has 0 unspecified atom stereocenters. The van der Waals surface area contributed by atoms with Gasteiger partial charge in [-0.2, -0.15) is 0 Å². The Morgan fingerprint density at radius 1 is 0.750 bits per heavy atom. The monoisotopic (exact) mass is 230 g/mol. The van der Waals surface area contributed by atoms with Gasteiger partial charge in [-0.3, -0.25) is 0 Å². The summed E-state index contributed by atoms with van der Waals surface area (Å²) in [6.07, 6.45) is 0. The second-order valence-electron chi connectivity index (χ2n) is 3.77. The van der Waals surface area contributed by atoms with Crippen LogP contribution in [-0.2, 0) is 5.79 Å². The van der Waals surface area contributed by atoms with Gasteiger partial charge in [-0.25, -0.2) is 0 Å². The van der Waals surface area contributed by atoms with Crippen LogP contribution in [0.4, 0.5) is 0 Å². The highest BCUT2D eigenvalue weighted by molar-refractivity contribution is 7.99. The van der Waals surface area contributed by atoms with E-state index >= 15 is 0 Å². The zero-order valence-corrected chi connectivity index (χ0v) is 9.24. The fourth-order valence-corrected chi connectivity index (χ4v) is 3.12. The Morgan fingerprint density at radius 2 is 1.19 bits per heavy atom. The van der Waals surface area contributed by atoms with E-state index in [-0.39, 0.29) is 0 Å². The molecule has 1 aliphatic rings. The molecule has 2 nitrogen and oxygen atoms in total. The van der Waals surface area contributed by atoms with Crippen molar-refractivity contribution < 1.29 is 10.2 Å². The molecule has 2 aromatic carbocycles. The van der Waals surface area contributed by atoms with Crippen LogP contribution in [0.5, 0.6) is 0 Å². The molecular formula is C13H10O2S. The summed E-state index contributed by atoms with van der Waals surface area (Å²) >= 11 is 1.56. The predicted octanol–water partition coefficient (Wildman–Crippen LogP) is 2.34. The second kappa shape index (κ2) is 3.35. The molecule has 0 atom stereocenters. The lowest BCUT2D eigenvalue weighted by Gasteiger charge is -2.31. The van der Waals surface area contributed by atoms with Crippen molar-refractivity contribution in [1.82, 2.24) is 0 Å². The van der Waals surface area contributed by atoms with Gasteiger partial charge in [0.15, 0.2) is 0 Å².